The average Bonchev–Trinajstić information content (AvgIpc) is 3.48. The highest BCUT2D eigenvalue weighted by atomic mass is 32.1. The Balaban J connectivity index is 1.26. The van der Waals surface area contributed by atoms with Crippen LogP contribution in [0.2, 0.25) is 0 Å². The molecule has 0 atom stereocenters. The van der Waals surface area contributed by atoms with Gasteiger partial charge in [-0.1, -0.05) is 12.1 Å². The van der Waals surface area contributed by atoms with Crippen LogP contribution in [0.15, 0.2) is 48.0 Å². The lowest BCUT2D eigenvalue weighted by atomic mass is 9.97. The zero-order valence-electron chi connectivity index (χ0n) is 18.1. The maximum Gasteiger partial charge on any atom is 0.289 e. The molecular formula is C23H24FN5O3S. The van der Waals surface area contributed by atoms with Crippen LogP contribution < -0.4 is 10.9 Å². The molecule has 8 nitrogen and oxygen atoms in total. The van der Waals surface area contributed by atoms with Crippen molar-refractivity contribution < 1.29 is 18.8 Å². The number of thiazole rings is 1. The standard InChI is InChI=1S/C23H24FN5O3S/c1-28-10-2-3-19(28)22(32)27-26-21(31)18-14-33-23(25-18)16-8-11-29(12-9-16)20(30)13-15-4-6-17(24)7-5-15/h2-7,10,14,16H,8-9,11-13H2,1H3,(H,26,31)(H,27,32). The lowest BCUT2D eigenvalue weighted by Crippen LogP contribution is -2.42. The van der Waals surface area contributed by atoms with Crippen molar-refractivity contribution in [3.05, 3.63) is 75.8 Å². The summed E-state index contributed by atoms with van der Waals surface area (Å²) in [6.07, 6.45) is 3.51. The first-order chi connectivity index (χ1) is 15.9. The number of piperidine rings is 1. The van der Waals surface area contributed by atoms with E-state index in [0.717, 1.165) is 23.4 Å². The minimum Gasteiger partial charge on any atom is -0.347 e. The highest BCUT2D eigenvalue weighted by Gasteiger charge is 2.26. The number of carbonyl (C=O) groups excluding carboxylic acids is 3. The van der Waals surface area contributed by atoms with E-state index in [9.17, 15) is 18.8 Å². The van der Waals surface area contributed by atoms with Gasteiger partial charge in [0.15, 0.2) is 0 Å². The van der Waals surface area contributed by atoms with Crippen molar-refractivity contribution >= 4 is 29.1 Å². The molecule has 4 rings (SSSR count). The summed E-state index contributed by atoms with van der Waals surface area (Å²) < 4.78 is 14.7. The fourth-order valence-electron chi connectivity index (χ4n) is 3.78. The van der Waals surface area contributed by atoms with Crippen molar-refractivity contribution in [2.45, 2.75) is 25.2 Å². The minimum atomic E-state index is -0.480. The third kappa shape index (κ3) is 5.46. The fourth-order valence-corrected chi connectivity index (χ4v) is 4.75. The summed E-state index contributed by atoms with van der Waals surface area (Å²) in [4.78, 5) is 43.3. The van der Waals surface area contributed by atoms with E-state index < -0.39 is 11.8 Å². The van der Waals surface area contributed by atoms with Gasteiger partial charge >= 0.3 is 0 Å². The molecule has 0 radical (unpaired) electrons. The second-order valence-electron chi connectivity index (χ2n) is 7.94. The van der Waals surface area contributed by atoms with Crippen LogP contribution in [0.25, 0.3) is 0 Å². The van der Waals surface area contributed by atoms with E-state index in [2.05, 4.69) is 15.8 Å². The number of hydrogen-bond acceptors (Lipinski definition) is 5. The third-order valence-corrected chi connectivity index (χ3v) is 6.69. The molecule has 1 fully saturated rings. The number of nitrogens with zero attached hydrogens (tertiary/aromatic N) is 3. The topological polar surface area (TPSA) is 96.3 Å². The molecule has 1 aliphatic rings. The third-order valence-electron chi connectivity index (χ3n) is 5.69. The minimum absolute atomic E-state index is 0.0215. The molecule has 0 saturated carbocycles. The number of aromatic nitrogens is 2. The van der Waals surface area contributed by atoms with Crippen LogP contribution in [0, 0.1) is 5.82 Å². The molecule has 3 aromatic rings. The van der Waals surface area contributed by atoms with E-state index in [1.165, 1.54) is 23.5 Å². The number of aryl methyl sites for hydroxylation is 1. The first-order valence-corrected chi connectivity index (χ1v) is 11.5. The zero-order valence-corrected chi connectivity index (χ0v) is 18.9. The van der Waals surface area contributed by atoms with Crippen LogP contribution >= 0.6 is 11.3 Å². The van der Waals surface area contributed by atoms with Crippen molar-refractivity contribution in [1.82, 2.24) is 25.3 Å². The molecule has 0 bridgehead atoms. The van der Waals surface area contributed by atoms with Gasteiger partial charge in [0.2, 0.25) is 5.91 Å². The SMILES string of the molecule is Cn1cccc1C(=O)NNC(=O)c1csc(C2CCN(C(=O)Cc3ccc(F)cc3)CC2)n1. The van der Waals surface area contributed by atoms with E-state index in [0.29, 0.717) is 18.8 Å². The normalized spacial score (nSPS) is 14.2. The van der Waals surface area contributed by atoms with Gasteiger partial charge in [-0.3, -0.25) is 25.2 Å². The summed E-state index contributed by atoms with van der Waals surface area (Å²) in [7, 11) is 1.74. The number of likely N-dealkylation sites (tertiary alicyclic amines) is 1. The van der Waals surface area contributed by atoms with Gasteiger partial charge in [-0.25, -0.2) is 9.37 Å². The molecule has 2 aromatic heterocycles. The number of carbonyl (C=O) groups is 3. The maximum atomic E-state index is 13.0. The number of rotatable bonds is 5. The molecule has 1 aromatic carbocycles. The van der Waals surface area contributed by atoms with Gasteiger partial charge in [-0.05, 0) is 42.7 Å². The van der Waals surface area contributed by atoms with Gasteiger partial charge in [0.1, 0.15) is 17.2 Å². The van der Waals surface area contributed by atoms with E-state index >= 15 is 0 Å². The number of amides is 3. The number of hydrazine groups is 1. The first-order valence-electron chi connectivity index (χ1n) is 10.6. The number of nitrogens with one attached hydrogen (secondary N) is 2. The van der Waals surface area contributed by atoms with Crippen molar-refractivity contribution in [3.8, 4) is 0 Å². The largest absolute Gasteiger partial charge is 0.347 e. The van der Waals surface area contributed by atoms with Gasteiger partial charge in [0, 0.05) is 37.6 Å². The molecule has 172 valence electrons. The Hall–Kier alpha value is -3.53. The van der Waals surface area contributed by atoms with E-state index in [1.54, 1.807) is 47.5 Å². The Morgan fingerprint density at radius 3 is 2.45 bits per heavy atom. The second-order valence-corrected chi connectivity index (χ2v) is 8.83. The molecular weight excluding hydrogens is 445 g/mol. The Morgan fingerprint density at radius 2 is 1.79 bits per heavy atom. The van der Waals surface area contributed by atoms with Gasteiger partial charge < -0.3 is 9.47 Å². The Bertz CT molecular complexity index is 1150. The van der Waals surface area contributed by atoms with E-state index in [4.69, 9.17) is 0 Å². The summed E-state index contributed by atoms with van der Waals surface area (Å²) in [6, 6.07) is 9.37. The summed E-state index contributed by atoms with van der Waals surface area (Å²) in [5.41, 5.74) is 6.25. The maximum absolute atomic E-state index is 13.0. The molecule has 1 aliphatic heterocycles. The van der Waals surface area contributed by atoms with Crippen LogP contribution in [0.4, 0.5) is 4.39 Å². The summed E-state index contributed by atoms with van der Waals surface area (Å²) in [5, 5.41) is 2.52. The van der Waals surface area contributed by atoms with Gasteiger partial charge in [0.25, 0.3) is 11.8 Å². The van der Waals surface area contributed by atoms with Gasteiger partial charge in [-0.2, -0.15) is 0 Å². The van der Waals surface area contributed by atoms with Crippen molar-refractivity contribution in [3.63, 3.8) is 0 Å². The molecule has 1 saturated heterocycles. The smallest absolute Gasteiger partial charge is 0.289 e. The van der Waals surface area contributed by atoms with Crippen molar-refractivity contribution in [1.29, 1.82) is 0 Å². The van der Waals surface area contributed by atoms with Crippen LogP contribution in [-0.4, -0.2) is 45.3 Å². The van der Waals surface area contributed by atoms with Crippen molar-refractivity contribution in [2.24, 2.45) is 7.05 Å². The molecule has 3 heterocycles. The molecule has 33 heavy (non-hydrogen) atoms. The van der Waals surface area contributed by atoms with Crippen LogP contribution in [0.3, 0.4) is 0 Å². The summed E-state index contributed by atoms with van der Waals surface area (Å²) in [5.74, 6) is -1.02. The van der Waals surface area contributed by atoms with Crippen LogP contribution in [0.5, 0.6) is 0 Å². The number of hydrogen-bond donors (Lipinski definition) is 2. The average molecular weight is 470 g/mol. The molecule has 2 N–H and O–H groups in total. The number of benzene rings is 1. The lowest BCUT2D eigenvalue weighted by Gasteiger charge is -2.31. The monoisotopic (exact) mass is 469 g/mol. The first kappa shape index (κ1) is 22.7. The fraction of sp³-hybridized carbons (Fsp3) is 0.304. The lowest BCUT2D eigenvalue weighted by molar-refractivity contribution is -0.131. The predicted octanol–water partition coefficient (Wildman–Crippen LogP) is 2.64. The molecule has 0 aliphatic carbocycles. The summed E-state index contributed by atoms with van der Waals surface area (Å²) >= 11 is 1.40. The van der Waals surface area contributed by atoms with E-state index in [-0.39, 0.29) is 29.8 Å². The van der Waals surface area contributed by atoms with Crippen LogP contribution in [0.1, 0.15) is 50.3 Å². The quantitative estimate of drug-likeness (QED) is 0.562. The molecule has 0 unspecified atom stereocenters. The van der Waals surface area contributed by atoms with E-state index in [1.807, 2.05) is 4.90 Å². The zero-order chi connectivity index (χ0) is 23.4. The number of halogens is 1. The van der Waals surface area contributed by atoms with Gasteiger partial charge in [0.05, 0.1) is 11.4 Å². The van der Waals surface area contributed by atoms with Gasteiger partial charge in [-0.15, -0.1) is 11.3 Å². The Kier molecular flexibility index (Phi) is 6.83. The summed E-state index contributed by atoms with van der Waals surface area (Å²) in [6.45, 7) is 1.22. The molecule has 10 heteroatoms. The Morgan fingerprint density at radius 1 is 1.09 bits per heavy atom. The Labute approximate surface area is 194 Å². The second kappa shape index (κ2) is 9.95. The predicted molar refractivity (Wildman–Crippen MR) is 121 cm³/mol. The van der Waals surface area contributed by atoms with Crippen LogP contribution in [-0.2, 0) is 18.3 Å². The molecule has 3 amide bonds. The molecule has 0 spiro atoms. The highest BCUT2D eigenvalue weighted by molar-refractivity contribution is 7.09. The van der Waals surface area contributed by atoms with Crippen molar-refractivity contribution in [2.75, 3.05) is 13.1 Å². The highest BCUT2D eigenvalue weighted by Crippen LogP contribution is 2.30.